The Bertz CT molecular complexity index is 504. The summed E-state index contributed by atoms with van der Waals surface area (Å²) in [6.45, 7) is 4.00. The summed E-state index contributed by atoms with van der Waals surface area (Å²) in [4.78, 5) is 17.3. The number of carbonyl (C=O) groups excluding carboxylic acids is 1. The molecule has 0 aliphatic heterocycles. The largest absolute Gasteiger partial charge is 0.460 e. The van der Waals surface area contributed by atoms with E-state index in [4.69, 9.17) is 9.26 Å². The molecule has 0 N–H and O–H groups in total. The van der Waals surface area contributed by atoms with Crippen LogP contribution in [0.4, 0.5) is 0 Å². The molecule has 0 spiro atoms. The number of aryl methyl sites for hydroxylation is 1. The first-order chi connectivity index (χ1) is 7.70. The van der Waals surface area contributed by atoms with E-state index in [0.29, 0.717) is 12.5 Å². The van der Waals surface area contributed by atoms with Gasteiger partial charge in [0.25, 0.3) is 11.7 Å². The molecule has 84 valence electrons. The van der Waals surface area contributed by atoms with Crippen molar-refractivity contribution >= 4 is 17.3 Å². The summed E-state index contributed by atoms with van der Waals surface area (Å²) in [6, 6.07) is 3.83. The lowest BCUT2D eigenvalue weighted by atomic mass is 10.4. The highest BCUT2D eigenvalue weighted by molar-refractivity contribution is 7.15. The first-order valence-electron chi connectivity index (χ1n) is 4.78. The van der Waals surface area contributed by atoms with E-state index in [1.165, 1.54) is 11.3 Å². The average molecular weight is 238 g/mol. The van der Waals surface area contributed by atoms with Crippen LogP contribution in [0.3, 0.4) is 0 Å². The van der Waals surface area contributed by atoms with E-state index in [2.05, 4.69) is 10.1 Å². The van der Waals surface area contributed by atoms with Crippen molar-refractivity contribution in [3.63, 3.8) is 0 Å². The van der Waals surface area contributed by atoms with Gasteiger partial charge in [-0.1, -0.05) is 0 Å². The van der Waals surface area contributed by atoms with Crippen LogP contribution in [-0.4, -0.2) is 22.7 Å². The Hall–Kier alpha value is -1.69. The molecule has 0 aliphatic carbocycles. The number of hydrogen-bond donors (Lipinski definition) is 0. The van der Waals surface area contributed by atoms with E-state index in [0.717, 1.165) is 9.75 Å². The van der Waals surface area contributed by atoms with Crippen LogP contribution < -0.4 is 0 Å². The zero-order valence-corrected chi connectivity index (χ0v) is 9.71. The summed E-state index contributed by atoms with van der Waals surface area (Å²) in [5, 5.41) is 3.57. The Morgan fingerprint density at radius 2 is 2.38 bits per heavy atom. The Morgan fingerprint density at radius 3 is 3.00 bits per heavy atom. The molecule has 0 bridgehead atoms. The molecule has 0 radical (unpaired) electrons. The van der Waals surface area contributed by atoms with Crippen LogP contribution in [0.15, 0.2) is 16.7 Å². The highest BCUT2D eigenvalue weighted by Gasteiger charge is 2.17. The normalized spacial score (nSPS) is 10.4. The molecule has 6 heteroatoms. The number of hydrogen-bond acceptors (Lipinski definition) is 6. The number of thiophene rings is 1. The van der Waals surface area contributed by atoms with Crippen LogP contribution >= 0.6 is 11.3 Å². The van der Waals surface area contributed by atoms with Gasteiger partial charge in [0.05, 0.1) is 11.5 Å². The second-order valence-electron chi connectivity index (χ2n) is 3.05. The zero-order chi connectivity index (χ0) is 11.5. The van der Waals surface area contributed by atoms with Crippen molar-refractivity contribution in [2.75, 3.05) is 6.61 Å². The zero-order valence-electron chi connectivity index (χ0n) is 8.89. The van der Waals surface area contributed by atoms with Crippen molar-refractivity contribution in [2.24, 2.45) is 0 Å². The molecule has 0 aromatic carbocycles. The van der Waals surface area contributed by atoms with Gasteiger partial charge >= 0.3 is 5.97 Å². The molecule has 2 rings (SSSR count). The van der Waals surface area contributed by atoms with E-state index in [-0.39, 0.29) is 5.82 Å². The third kappa shape index (κ3) is 2.11. The topological polar surface area (TPSA) is 65.2 Å². The van der Waals surface area contributed by atoms with E-state index >= 15 is 0 Å². The lowest BCUT2D eigenvalue weighted by Gasteiger charge is -1.93. The third-order valence-electron chi connectivity index (χ3n) is 1.84. The minimum atomic E-state index is -0.564. The van der Waals surface area contributed by atoms with Crippen molar-refractivity contribution in [3.8, 4) is 10.8 Å². The van der Waals surface area contributed by atoms with Gasteiger partial charge in [-0.05, 0) is 31.1 Å². The first kappa shape index (κ1) is 10.8. The molecule has 0 saturated heterocycles. The van der Waals surface area contributed by atoms with E-state index in [1.54, 1.807) is 6.92 Å². The highest BCUT2D eigenvalue weighted by atomic mass is 32.1. The van der Waals surface area contributed by atoms with E-state index in [9.17, 15) is 4.79 Å². The van der Waals surface area contributed by atoms with Crippen molar-refractivity contribution in [2.45, 2.75) is 13.8 Å². The first-order valence-corrected chi connectivity index (χ1v) is 5.60. The molecule has 0 aliphatic rings. The van der Waals surface area contributed by atoms with Crippen LogP contribution in [0.25, 0.3) is 10.8 Å². The Kier molecular flexibility index (Phi) is 3.00. The van der Waals surface area contributed by atoms with Gasteiger partial charge in [-0.25, -0.2) is 4.79 Å². The molecular weight excluding hydrogens is 228 g/mol. The van der Waals surface area contributed by atoms with Crippen LogP contribution in [0, 0.1) is 6.92 Å². The van der Waals surface area contributed by atoms with Gasteiger partial charge in [0.1, 0.15) is 0 Å². The summed E-state index contributed by atoms with van der Waals surface area (Å²) in [5.41, 5.74) is 0. The van der Waals surface area contributed by atoms with Gasteiger partial charge in [0.2, 0.25) is 0 Å². The Balaban J connectivity index is 2.22. The SMILES string of the molecule is CCOC(=O)c1noc(-c2ccc(C)s2)n1. The summed E-state index contributed by atoms with van der Waals surface area (Å²) < 4.78 is 9.74. The molecule has 0 saturated carbocycles. The minimum Gasteiger partial charge on any atom is -0.460 e. The maximum absolute atomic E-state index is 11.3. The second-order valence-corrected chi connectivity index (χ2v) is 4.34. The Labute approximate surface area is 96.0 Å². The lowest BCUT2D eigenvalue weighted by Crippen LogP contribution is -2.06. The second kappa shape index (κ2) is 4.44. The highest BCUT2D eigenvalue weighted by Crippen LogP contribution is 2.25. The van der Waals surface area contributed by atoms with Crippen molar-refractivity contribution in [1.82, 2.24) is 10.1 Å². The number of esters is 1. The predicted octanol–water partition coefficient (Wildman–Crippen LogP) is 2.28. The van der Waals surface area contributed by atoms with Gasteiger partial charge in [-0.3, -0.25) is 0 Å². The Morgan fingerprint density at radius 1 is 1.56 bits per heavy atom. The molecule has 0 unspecified atom stereocenters. The quantitative estimate of drug-likeness (QED) is 0.767. The van der Waals surface area contributed by atoms with Gasteiger partial charge in [-0.2, -0.15) is 4.98 Å². The molecule has 0 atom stereocenters. The average Bonchev–Trinajstić information content (AvgIpc) is 2.85. The summed E-state index contributed by atoms with van der Waals surface area (Å²) in [6.07, 6.45) is 0. The van der Waals surface area contributed by atoms with E-state index in [1.807, 2.05) is 19.1 Å². The number of nitrogens with zero attached hydrogens (tertiary/aromatic N) is 2. The molecule has 5 nitrogen and oxygen atoms in total. The maximum Gasteiger partial charge on any atom is 0.379 e. The standard InChI is InChI=1S/C10H10N2O3S/c1-3-14-10(13)8-11-9(15-12-8)7-5-4-6(2)16-7/h4-5H,3H2,1-2H3. The monoisotopic (exact) mass is 238 g/mol. The fourth-order valence-corrected chi connectivity index (χ4v) is 1.94. The van der Waals surface area contributed by atoms with Crippen molar-refractivity contribution < 1.29 is 14.1 Å². The fraction of sp³-hybridized carbons (Fsp3) is 0.300. The molecule has 2 aromatic heterocycles. The predicted molar refractivity (Wildman–Crippen MR) is 58.3 cm³/mol. The molecule has 2 heterocycles. The van der Waals surface area contributed by atoms with Gasteiger partial charge in [-0.15, -0.1) is 11.3 Å². The fourth-order valence-electron chi connectivity index (χ4n) is 1.15. The third-order valence-corrected chi connectivity index (χ3v) is 2.82. The van der Waals surface area contributed by atoms with Crippen molar-refractivity contribution in [3.05, 3.63) is 22.8 Å². The van der Waals surface area contributed by atoms with Crippen LogP contribution in [0.1, 0.15) is 22.4 Å². The van der Waals surface area contributed by atoms with Crippen molar-refractivity contribution in [1.29, 1.82) is 0 Å². The molecule has 0 fully saturated rings. The summed E-state index contributed by atoms with van der Waals surface area (Å²) >= 11 is 1.53. The smallest absolute Gasteiger partial charge is 0.379 e. The molecule has 16 heavy (non-hydrogen) atoms. The number of carbonyl (C=O) groups is 1. The minimum absolute atomic E-state index is 0.0390. The number of rotatable bonds is 3. The van der Waals surface area contributed by atoms with E-state index < -0.39 is 5.97 Å². The lowest BCUT2D eigenvalue weighted by molar-refractivity contribution is 0.0508. The molecule has 0 amide bonds. The molecular formula is C10H10N2O3S. The number of aromatic nitrogens is 2. The molecule has 2 aromatic rings. The number of ether oxygens (including phenoxy) is 1. The van der Waals surface area contributed by atoms with Crippen LogP contribution in [-0.2, 0) is 4.74 Å². The van der Waals surface area contributed by atoms with Crippen LogP contribution in [0.5, 0.6) is 0 Å². The summed E-state index contributed by atoms with van der Waals surface area (Å²) in [5.74, 6) is -0.255. The summed E-state index contributed by atoms with van der Waals surface area (Å²) in [7, 11) is 0. The van der Waals surface area contributed by atoms with Gasteiger partial charge in [0.15, 0.2) is 0 Å². The van der Waals surface area contributed by atoms with Gasteiger partial charge < -0.3 is 9.26 Å². The van der Waals surface area contributed by atoms with Crippen LogP contribution in [0.2, 0.25) is 0 Å². The van der Waals surface area contributed by atoms with Gasteiger partial charge in [0, 0.05) is 4.88 Å². The maximum atomic E-state index is 11.3.